The van der Waals surface area contributed by atoms with Gasteiger partial charge in [0.1, 0.15) is 5.75 Å². The molecule has 4 rings (SSSR count). The Morgan fingerprint density at radius 3 is 2.71 bits per heavy atom. The largest absolute Gasteiger partial charge is 0.494 e. The van der Waals surface area contributed by atoms with Gasteiger partial charge in [-0.1, -0.05) is 26.5 Å². The third-order valence-electron chi connectivity index (χ3n) is 6.23. The predicted octanol–water partition coefficient (Wildman–Crippen LogP) is 5.63. The zero-order valence-electron chi connectivity index (χ0n) is 18.1. The van der Waals surface area contributed by atoms with Crippen LogP contribution in [-0.4, -0.2) is 27.8 Å². The summed E-state index contributed by atoms with van der Waals surface area (Å²) in [6.45, 7) is 11.7. The number of hydrogen-bond donors (Lipinski definition) is 1. The molecule has 0 aliphatic heterocycles. The van der Waals surface area contributed by atoms with E-state index in [1.54, 1.807) is 25.3 Å². The van der Waals surface area contributed by atoms with Gasteiger partial charge in [-0.05, 0) is 55.7 Å². The van der Waals surface area contributed by atoms with Gasteiger partial charge >= 0.3 is 0 Å². The minimum atomic E-state index is -0.387. The predicted molar refractivity (Wildman–Crippen MR) is 121 cm³/mol. The first-order valence-corrected chi connectivity index (χ1v) is 10.7. The smallest absolute Gasteiger partial charge is 0.298 e. The van der Waals surface area contributed by atoms with Crippen LogP contribution >= 0.6 is 0 Å². The van der Waals surface area contributed by atoms with Crippen LogP contribution in [0.4, 0.5) is 11.5 Å². The zero-order valence-corrected chi connectivity index (χ0v) is 18.1. The fourth-order valence-electron chi connectivity index (χ4n) is 4.36. The van der Waals surface area contributed by atoms with Crippen LogP contribution in [0.15, 0.2) is 36.5 Å². The van der Waals surface area contributed by atoms with Crippen molar-refractivity contribution in [2.75, 3.05) is 12.4 Å². The SMILES string of the molecule is [C-]#[N+]c1cccc(C(=O)Nc2cc3cn(C4CCC(C(C)C)CC4)nc3cc2OC)n1. The van der Waals surface area contributed by atoms with Crippen LogP contribution in [-0.2, 0) is 0 Å². The Labute approximate surface area is 182 Å². The van der Waals surface area contributed by atoms with Crippen molar-refractivity contribution in [2.24, 2.45) is 11.8 Å². The monoisotopic (exact) mass is 417 g/mol. The molecule has 0 spiro atoms. The molecule has 0 radical (unpaired) electrons. The van der Waals surface area contributed by atoms with Gasteiger partial charge in [0.25, 0.3) is 11.7 Å². The highest BCUT2D eigenvalue weighted by Gasteiger charge is 2.25. The molecule has 2 heterocycles. The molecule has 0 unspecified atom stereocenters. The summed E-state index contributed by atoms with van der Waals surface area (Å²) in [6.07, 6.45) is 6.81. The molecule has 1 N–H and O–H groups in total. The van der Waals surface area contributed by atoms with E-state index in [4.69, 9.17) is 16.4 Å². The van der Waals surface area contributed by atoms with Crippen LogP contribution in [0.3, 0.4) is 0 Å². The lowest BCUT2D eigenvalue weighted by Gasteiger charge is -2.30. The first kappa shape index (κ1) is 20.9. The van der Waals surface area contributed by atoms with Gasteiger partial charge in [0.05, 0.1) is 24.4 Å². The second kappa shape index (κ2) is 8.76. The maximum absolute atomic E-state index is 12.7. The standard InChI is InChI=1S/C24H27N5O2/c1-15(2)16-8-10-18(11-9-16)29-14-17-12-21(22(31-4)13-20(17)28-29)27-24(30)19-6-5-7-23(25-3)26-19/h5-7,12-16,18H,8-11H2,1-2,4H3,(H,27,30). The molecule has 1 aromatic carbocycles. The van der Waals surface area contributed by atoms with Crippen molar-refractivity contribution < 1.29 is 9.53 Å². The van der Waals surface area contributed by atoms with Gasteiger partial charge in [-0.3, -0.25) is 9.48 Å². The molecule has 7 nitrogen and oxygen atoms in total. The number of carbonyl (C=O) groups excluding carboxylic acids is 1. The van der Waals surface area contributed by atoms with Gasteiger partial charge in [0.2, 0.25) is 5.69 Å². The summed E-state index contributed by atoms with van der Waals surface area (Å²) < 4.78 is 7.57. The second-order valence-corrected chi connectivity index (χ2v) is 8.48. The number of carbonyl (C=O) groups is 1. The number of ether oxygens (including phenoxy) is 1. The molecule has 3 aromatic rings. The molecule has 160 valence electrons. The maximum atomic E-state index is 12.7. The number of hydrogen-bond acceptors (Lipinski definition) is 4. The Hall–Kier alpha value is -3.40. The quantitative estimate of drug-likeness (QED) is 0.546. The summed E-state index contributed by atoms with van der Waals surface area (Å²) in [6, 6.07) is 8.94. The molecule has 0 bridgehead atoms. The van der Waals surface area contributed by atoms with Crippen molar-refractivity contribution in [1.82, 2.24) is 14.8 Å². The van der Waals surface area contributed by atoms with Crippen molar-refractivity contribution in [1.29, 1.82) is 0 Å². The third-order valence-corrected chi connectivity index (χ3v) is 6.23. The Bertz CT molecular complexity index is 1140. The first-order valence-electron chi connectivity index (χ1n) is 10.7. The number of nitrogens with zero attached hydrogens (tertiary/aromatic N) is 4. The lowest BCUT2D eigenvalue weighted by molar-refractivity contribution is 0.102. The average molecular weight is 418 g/mol. The Morgan fingerprint density at radius 2 is 2.03 bits per heavy atom. The molecule has 1 aliphatic rings. The van der Waals surface area contributed by atoms with Gasteiger partial charge in [-0.2, -0.15) is 5.10 Å². The maximum Gasteiger partial charge on any atom is 0.298 e. The molecule has 2 aromatic heterocycles. The molecular weight excluding hydrogens is 390 g/mol. The average Bonchev–Trinajstić information content (AvgIpc) is 3.21. The molecule has 0 atom stereocenters. The van der Waals surface area contributed by atoms with E-state index in [9.17, 15) is 4.79 Å². The first-order chi connectivity index (χ1) is 15.0. The van der Waals surface area contributed by atoms with Gasteiger partial charge in [0.15, 0.2) is 0 Å². The van der Waals surface area contributed by atoms with Gasteiger partial charge in [-0.15, -0.1) is 4.98 Å². The number of nitrogens with one attached hydrogen (secondary N) is 1. The van der Waals surface area contributed by atoms with Crippen LogP contribution in [0, 0.1) is 18.4 Å². The third kappa shape index (κ3) is 4.38. The molecule has 31 heavy (non-hydrogen) atoms. The lowest BCUT2D eigenvalue weighted by Crippen LogP contribution is -2.21. The second-order valence-electron chi connectivity index (χ2n) is 8.48. The van der Waals surface area contributed by atoms with Crippen LogP contribution in [0.25, 0.3) is 15.7 Å². The van der Waals surface area contributed by atoms with Crippen molar-refractivity contribution in [3.63, 3.8) is 0 Å². The minimum Gasteiger partial charge on any atom is -0.494 e. The highest BCUT2D eigenvalue weighted by molar-refractivity contribution is 6.05. The number of pyridine rings is 1. The van der Waals surface area contributed by atoms with Gasteiger partial charge in [0, 0.05) is 17.6 Å². The highest BCUT2D eigenvalue weighted by atomic mass is 16.5. The molecule has 1 aliphatic carbocycles. The minimum absolute atomic E-state index is 0.184. The number of aromatic nitrogens is 3. The lowest BCUT2D eigenvalue weighted by atomic mass is 9.80. The zero-order chi connectivity index (χ0) is 22.0. The molecular formula is C24H27N5O2. The number of fused-ring (bicyclic) bond motifs is 1. The van der Waals surface area contributed by atoms with E-state index < -0.39 is 0 Å². The van der Waals surface area contributed by atoms with E-state index in [-0.39, 0.29) is 17.4 Å². The molecule has 0 saturated heterocycles. The molecule has 7 heteroatoms. The van der Waals surface area contributed by atoms with Crippen LogP contribution < -0.4 is 10.1 Å². The number of anilines is 1. The fraction of sp³-hybridized carbons (Fsp3) is 0.417. The number of amides is 1. The van der Waals surface area contributed by atoms with Gasteiger partial charge in [-0.25, -0.2) is 0 Å². The van der Waals surface area contributed by atoms with Gasteiger partial charge < -0.3 is 14.9 Å². The fourth-order valence-corrected chi connectivity index (χ4v) is 4.36. The van der Waals surface area contributed by atoms with E-state index in [1.165, 1.54) is 12.8 Å². The number of benzene rings is 1. The van der Waals surface area contributed by atoms with E-state index >= 15 is 0 Å². The molecule has 1 amide bonds. The van der Waals surface area contributed by atoms with Crippen molar-refractivity contribution in [3.8, 4) is 5.75 Å². The summed E-state index contributed by atoms with van der Waals surface area (Å²) in [5, 5.41) is 8.61. The van der Waals surface area contributed by atoms with E-state index in [0.717, 1.165) is 35.6 Å². The Balaban J connectivity index is 1.57. The van der Waals surface area contributed by atoms with Crippen molar-refractivity contribution >= 4 is 28.3 Å². The summed E-state index contributed by atoms with van der Waals surface area (Å²) in [4.78, 5) is 20.0. The number of methoxy groups -OCH3 is 1. The van der Waals surface area contributed by atoms with Crippen LogP contribution in [0.5, 0.6) is 5.75 Å². The topological polar surface area (TPSA) is 73.4 Å². The highest BCUT2D eigenvalue weighted by Crippen LogP contribution is 2.37. The van der Waals surface area contributed by atoms with E-state index in [0.29, 0.717) is 17.5 Å². The Kier molecular flexibility index (Phi) is 5.90. The van der Waals surface area contributed by atoms with Crippen LogP contribution in [0.1, 0.15) is 56.1 Å². The Morgan fingerprint density at radius 1 is 1.26 bits per heavy atom. The number of rotatable bonds is 5. The van der Waals surface area contributed by atoms with E-state index in [1.807, 2.05) is 12.1 Å². The van der Waals surface area contributed by atoms with Crippen molar-refractivity contribution in [3.05, 3.63) is 53.6 Å². The summed E-state index contributed by atoms with van der Waals surface area (Å²) in [5.74, 6) is 1.87. The summed E-state index contributed by atoms with van der Waals surface area (Å²) >= 11 is 0. The van der Waals surface area contributed by atoms with Crippen LogP contribution in [0.2, 0.25) is 0 Å². The van der Waals surface area contributed by atoms with E-state index in [2.05, 4.69) is 39.9 Å². The van der Waals surface area contributed by atoms with Crippen molar-refractivity contribution in [2.45, 2.75) is 45.6 Å². The molecule has 1 saturated carbocycles. The summed E-state index contributed by atoms with van der Waals surface area (Å²) in [5.41, 5.74) is 1.58. The summed E-state index contributed by atoms with van der Waals surface area (Å²) in [7, 11) is 1.57. The normalized spacial score (nSPS) is 18.7. The molecule has 1 fully saturated rings.